The van der Waals surface area contributed by atoms with Crippen molar-refractivity contribution in [3.05, 3.63) is 16.0 Å². The molecule has 1 amide bonds. The molecule has 26 heavy (non-hydrogen) atoms. The summed E-state index contributed by atoms with van der Waals surface area (Å²) in [6, 6.07) is 0. The van der Waals surface area contributed by atoms with Crippen LogP contribution in [0.3, 0.4) is 0 Å². The Kier molecular flexibility index (Phi) is 9.58. The Morgan fingerprint density at radius 2 is 1.85 bits per heavy atom. The molecule has 6 nitrogen and oxygen atoms in total. The minimum absolute atomic E-state index is 0.152. The molecule has 0 radical (unpaired) electrons. The molecular weight excluding hydrogens is 370 g/mol. The third kappa shape index (κ3) is 6.25. The third-order valence-corrected chi connectivity index (χ3v) is 5.37. The van der Waals surface area contributed by atoms with Crippen LogP contribution in [0.2, 0.25) is 0 Å². The van der Waals surface area contributed by atoms with E-state index in [-0.39, 0.29) is 5.91 Å². The van der Waals surface area contributed by atoms with Crippen molar-refractivity contribution in [2.45, 2.75) is 46.0 Å². The predicted molar refractivity (Wildman–Crippen MR) is 111 cm³/mol. The van der Waals surface area contributed by atoms with Gasteiger partial charge in [0.25, 0.3) is 5.91 Å². The summed E-state index contributed by atoms with van der Waals surface area (Å²) in [5.41, 5.74) is 0.959. The van der Waals surface area contributed by atoms with Crippen molar-refractivity contribution in [3.63, 3.8) is 0 Å². The van der Waals surface area contributed by atoms with Crippen molar-refractivity contribution in [2.24, 2.45) is 0 Å². The van der Waals surface area contributed by atoms with Gasteiger partial charge in [-0.25, -0.2) is 4.79 Å². The zero-order chi connectivity index (χ0) is 19.7. The fraction of sp³-hybridized carbons (Fsp3) is 0.611. The summed E-state index contributed by atoms with van der Waals surface area (Å²) in [7, 11) is 4.68. The highest BCUT2D eigenvalue weighted by molar-refractivity contribution is 7.80. The van der Waals surface area contributed by atoms with Crippen molar-refractivity contribution >= 4 is 45.5 Å². The van der Waals surface area contributed by atoms with Crippen molar-refractivity contribution in [3.8, 4) is 0 Å². The Bertz CT molecular complexity index is 642. The molecule has 1 rings (SSSR count). The molecule has 2 N–H and O–H groups in total. The fourth-order valence-electron chi connectivity index (χ4n) is 2.43. The van der Waals surface area contributed by atoms with Gasteiger partial charge in [-0.1, -0.05) is 32.6 Å². The van der Waals surface area contributed by atoms with Gasteiger partial charge in [-0.3, -0.25) is 4.79 Å². The summed E-state index contributed by atoms with van der Waals surface area (Å²) >= 11 is 6.54. The van der Waals surface area contributed by atoms with Gasteiger partial charge in [0, 0.05) is 20.6 Å². The first kappa shape index (κ1) is 22.4. The lowest BCUT2D eigenvalue weighted by Crippen LogP contribution is -2.29. The van der Waals surface area contributed by atoms with Gasteiger partial charge >= 0.3 is 5.97 Å². The highest BCUT2D eigenvalue weighted by atomic mass is 32.1. The molecule has 0 aromatic carbocycles. The third-order valence-electron chi connectivity index (χ3n) is 3.93. The summed E-state index contributed by atoms with van der Waals surface area (Å²) in [4.78, 5) is 26.5. The molecule has 1 aromatic heterocycles. The predicted octanol–water partition coefficient (Wildman–Crippen LogP) is 3.80. The second-order valence-electron chi connectivity index (χ2n) is 6.25. The number of amides is 1. The molecule has 1 aromatic rings. The number of hydrogen-bond acceptors (Lipinski definition) is 5. The maximum atomic E-state index is 12.3. The molecule has 0 fully saturated rings. The van der Waals surface area contributed by atoms with Gasteiger partial charge in [-0.05, 0) is 31.1 Å². The van der Waals surface area contributed by atoms with Crippen LogP contribution in [0.4, 0.5) is 5.00 Å². The van der Waals surface area contributed by atoms with Gasteiger partial charge in [-0.15, -0.1) is 11.3 Å². The molecule has 0 atom stereocenters. The van der Waals surface area contributed by atoms with E-state index in [4.69, 9.17) is 17.0 Å². The van der Waals surface area contributed by atoms with Gasteiger partial charge in [0.2, 0.25) is 0 Å². The average molecular weight is 400 g/mol. The molecule has 0 bridgehead atoms. The van der Waals surface area contributed by atoms with Crippen LogP contribution in [0.25, 0.3) is 0 Å². The van der Waals surface area contributed by atoms with Crippen molar-refractivity contribution in [1.29, 1.82) is 0 Å². The zero-order valence-electron chi connectivity index (χ0n) is 16.2. The molecule has 0 aliphatic carbocycles. The molecule has 0 saturated heterocycles. The first-order valence-corrected chi connectivity index (χ1v) is 10.0. The topological polar surface area (TPSA) is 70.7 Å². The summed E-state index contributed by atoms with van der Waals surface area (Å²) in [6.45, 7) is 4.71. The van der Waals surface area contributed by atoms with E-state index in [9.17, 15) is 9.59 Å². The first-order valence-electron chi connectivity index (χ1n) is 8.81. The quantitative estimate of drug-likeness (QED) is 0.374. The smallest absolute Gasteiger partial charge is 0.341 e. The number of thiocarbonyl (C=S) groups is 1. The van der Waals surface area contributed by atoms with Gasteiger partial charge < -0.3 is 20.3 Å². The van der Waals surface area contributed by atoms with Gasteiger partial charge in [0.15, 0.2) is 5.11 Å². The lowest BCUT2D eigenvalue weighted by molar-refractivity contribution is 0.0601. The van der Waals surface area contributed by atoms with Gasteiger partial charge in [0.05, 0.1) is 17.6 Å². The van der Waals surface area contributed by atoms with E-state index >= 15 is 0 Å². The number of ether oxygens (including phenoxy) is 1. The SMILES string of the molecule is CCCCCCCNC(=S)Nc1sc(C(=O)N(C)C)c(C)c1C(=O)OC. The highest BCUT2D eigenvalue weighted by Crippen LogP contribution is 2.34. The van der Waals surface area contributed by atoms with E-state index in [1.54, 1.807) is 21.0 Å². The van der Waals surface area contributed by atoms with E-state index in [2.05, 4.69) is 17.6 Å². The number of carbonyl (C=O) groups is 2. The van der Waals surface area contributed by atoms with Crippen molar-refractivity contribution < 1.29 is 14.3 Å². The van der Waals surface area contributed by atoms with E-state index in [1.807, 2.05) is 0 Å². The Balaban J connectivity index is 2.81. The van der Waals surface area contributed by atoms with Crippen LogP contribution in [0.15, 0.2) is 0 Å². The molecule has 0 saturated carbocycles. The summed E-state index contributed by atoms with van der Waals surface area (Å²) < 4.78 is 4.87. The molecule has 0 aliphatic rings. The zero-order valence-corrected chi connectivity index (χ0v) is 17.9. The number of esters is 1. The van der Waals surface area contributed by atoms with Gasteiger partial charge in [-0.2, -0.15) is 0 Å². The summed E-state index contributed by atoms with van der Waals surface area (Å²) in [5, 5.41) is 7.17. The number of nitrogens with zero attached hydrogens (tertiary/aromatic N) is 1. The number of rotatable bonds is 9. The van der Waals surface area contributed by atoms with E-state index in [0.29, 0.717) is 26.1 Å². The molecule has 1 heterocycles. The molecule has 0 spiro atoms. The van der Waals surface area contributed by atoms with Crippen LogP contribution < -0.4 is 10.6 Å². The summed E-state index contributed by atoms with van der Waals surface area (Å²) in [6.07, 6.45) is 5.90. The Labute approximate surface area is 165 Å². The highest BCUT2D eigenvalue weighted by Gasteiger charge is 2.26. The number of nitrogens with one attached hydrogen (secondary N) is 2. The Morgan fingerprint density at radius 1 is 1.19 bits per heavy atom. The fourth-order valence-corrected chi connectivity index (χ4v) is 3.92. The van der Waals surface area contributed by atoms with Crippen molar-refractivity contribution in [2.75, 3.05) is 33.1 Å². The van der Waals surface area contributed by atoms with E-state index in [0.717, 1.165) is 19.4 Å². The Hall–Kier alpha value is -1.67. The number of hydrogen-bond donors (Lipinski definition) is 2. The summed E-state index contributed by atoms with van der Waals surface area (Å²) in [5.74, 6) is -0.637. The number of thiophene rings is 1. The number of methoxy groups -OCH3 is 1. The largest absolute Gasteiger partial charge is 0.465 e. The van der Waals surface area contributed by atoms with Crippen LogP contribution >= 0.6 is 23.6 Å². The molecule has 8 heteroatoms. The minimum atomic E-state index is -0.485. The standard InChI is InChI=1S/C18H29N3O3S2/c1-6-7-8-9-10-11-19-18(25)20-15-13(17(23)24-5)12(2)14(26-15)16(22)21(3)4/h6-11H2,1-5H3,(H2,19,20,25). The normalized spacial score (nSPS) is 10.3. The number of anilines is 1. The molecule has 0 aliphatic heterocycles. The lowest BCUT2D eigenvalue weighted by Gasteiger charge is -2.10. The molecule has 0 unspecified atom stereocenters. The van der Waals surface area contributed by atoms with Crippen LogP contribution in [0, 0.1) is 6.92 Å². The van der Waals surface area contributed by atoms with Crippen molar-refractivity contribution in [1.82, 2.24) is 10.2 Å². The van der Waals surface area contributed by atoms with Crippen LogP contribution in [-0.2, 0) is 4.74 Å². The number of unbranched alkanes of at least 4 members (excludes halogenated alkanes) is 4. The van der Waals surface area contributed by atoms with E-state index in [1.165, 1.54) is 42.6 Å². The first-order chi connectivity index (χ1) is 12.3. The molecular formula is C18H29N3O3S2. The Morgan fingerprint density at radius 3 is 2.42 bits per heavy atom. The average Bonchev–Trinajstić information content (AvgIpc) is 2.92. The van der Waals surface area contributed by atoms with Gasteiger partial charge in [0.1, 0.15) is 5.00 Å². The molecule has 146 valence electrons. The minimum Gasteiger partial charge on any atom is -0.465 e. The number of carbonyl (C=O) groups excluding carboxylic acids is 2. The van der Waals surface area contributed by atoms with E-state index < -0.39 is 5.97 Å². The second kappa shape index (κ2) is 11.1. The monoisotopic (exact) mass is 399 g/mol. The maximum absolute atomic E-state index is 12.3. The van der Waals surface area contributed by atoms with Crippen LogP contribution in [0.1, 0.15) is 64.6 Å². The maximum Gasteiger partial charge on any atom is 0.341 e. The van der Waals surface area contributed by atoms with Crippen LogP contribution in [-0.4, -0.2) is 49.6 Å². The second-order valence-corrected chi connectivity index (χ2v) is 7.68. The lowest BCUT2D eigenvalue weighted by atomic mass is 10.1. The van der Waals surface area contributed by atoms with Crippen LogP contribution in [0.5, 0.6) is 0 Å².